The van der Waals surface area contributed by atoms with Crippen molar-refractivity contribution in [3.63, 3.8) is 0 Å². The van der Waals surface area contributed by atoms with E-state index in [0.717, 1.165) is 32.2 Å². The minimum absolute atomic E-state index is 0.332. The van der Waals surface area contributed by atoms with Gasteiger partial charge in [0.05, 0.1) is 5.54 Å². The van der Waals surface area contributed by atoms with E-state index in [1.807, 2.05) is 0 Å². The molecule has 0 radical (unpaired) electrons. The van der Waals surface area contributed by atoms with E-state index in [0.29, 0.717) is 5.54 Å². The summed E-state index contributed by atoms with van der Waals surface area (Å²) in [6.45, 7) is 4.20. The molecule has 3 aliphatic rings. The predicted molar refractivity (Wildman–Crippen MR) is 65.0 cm³/mol. The number of rotatable bonds is 1. The molecule has 3 aliphatic heterocycles. The topological polar surface area (TPSA) is 33.6 Å². The molecular weight excluding hydrogens is 200 g/mol. The smallest absolute Gasteiger partial charge is 0.0635 e. The van der Waals surface area contributed by atoms with Crippen LogP contribution in [0.2, 0.25) is 0 Å². The Labute approximate surface area is 97.7 Å². The maximum Gasteiger partial charge on any atom is 0.0635 e. The van der Waals surface area contributed by atoms with E-state index in [2.05, 4.69) is 5.32 Å². The molecule has 1 spiro atoms. The Kier molecular flexibility index (Phi) is 2.99. The Balaban J connectivity index is 1.69. The monoisotopic (exact) mass is 222 g/mol. The van der Waals surface area contributed by atoms with E-state index < -0.39 is 0 Å². The number of aliphatic imine (C=N–C) groups is 1. The van der Waals surface area contributed by atoms with Gasteiger partial charge in [0.2, 0.25) is 0 Å². The molecule has 16 heavy (non-hydrogen) atoms. The van der Waals surface area contributed by atoms with Crippen LogP contribution in [0.4, 0.5) is 0 Å². The highest BCUT2D eigenvalue weighted by molar-refractivity contribution is 5.89. The van der Waals surface area contributed by atoms with Crippen LogP contribution in [0.1, 0.15) is 38.5 Å². The van der Waals surface area contributed by atoms with Crippen LogP contribution in [0.3, 0.4) is 0 Å². The Morgan fingerprint density at radius 3 is 2.62 bits per heavy atom. The minimum Gasteiger partial charge on any atom is -0.381 e. The Morgan fingerprint density at radius 1 is 1.12 bits per heavy atom. The van der Waals surface area contributed by atoms with Crippen LogP contribution < -0.4 is 5.32 Å². The largest absolute Gasteiger partial charge is 0.381 e. The van der Waals surface area contributed by atoms with Gasteiger partial charge in [-0.2, -0.15) is 0 Å². The Bertz CT molecular complexity index is 276. The summed E-state index contributed by atoms with van der Waals surface area (Å²) in [5.74, 6) is 0.739. The third kappa shape index (κ3) is 2.03. The summed E-state index contributed by atoms with van der Waals surface area (Å²) in [5, 5.41) is 3.44. The van der Waals surface area contributed by atoms with Gasteiger partial charge in [0.1, 0.15) is 0 Å². The van der Waals surface area contributed by atoms with E-state index >= 15 is 0 Å². The van der Waals surface area contributed by atoms with Crippen LogP contribution in [0.5, 0.6) is 0 Å². The van der Waals surface area contributed by atoms with Gasteiger partial charge in [-0.05, 0) is 51.6 Å². The van der Waals surface area contributed by atoms with E-state index in [9.17, 15) is 0 Å². The SMILES string of the molecule is C1CC2(CCN1)CCC(C1CCOCC1)=N2. The van der Waals surface area contributed by atoms with Gasteiger partial charge in [0, 0.05) is 24.8 Å². The fraction of sp³-hybridized carbons (Fsp3) is 0.923. The molecule has 0 amide bonds. The van der Waals surface area contributed by atoms with Gasteiger partial charge in [-0.25, -0.2) is 0 Å². The fourth-order valence-electron chi connectivity index (χ4n) is 3.36. The average molecular weight is 222 g/mol. The molecule has 1 N–H and O–H groups in total. The first-order valence-corrected chi connectivity index (χ1v) is 6.75. The molecule has 2 saturated heterocycles. The first-order chi connectivity index (χ1) is 7.88. The fourth-order valence-corrected chi connectivity index (χ4v) is 3.36. The third-order valence-corrected chi connectivity index (χ3v) is 4.45. The normalized spacial score (nSPS) is 30.6. The molecule has 3 nitrogen and oxygen atoms in total. The summed E-state index contributed by atoms with van der Waals surface area (Å²) in [5.41, 5.74) is 1.85. The summed E-state index contributed by atoms with van der Waals surface area (Å²) in [6.07, 6.45) is 7.46. The molecule has 0 aliphatic carbocycles. The van der Waals surface area contributed by atoms with Gasteiger partial charge in [-0.3, -0.25) is 4.99 Å². The molecule has 0 aromatic carbocycles. The van der Waals surface area contributed by atoms with Crippen molar-refractivity contribution in [3.8, 4) is 0 Å². The molecule has 3 heterocycles. The molecule has 3 rings (SSSR count). The summed E-state index contributed by atoms with van der Waals surface area (Å²) in [6, 6.07) is 0. The van der Waals surface area contributed by atoms with Crippen LogP contribution in [0, 0.1) is 5.92 Å². The van der Waals surface area contributed by atoms with Crippen LogP contribution >= 0.6 is 0 Å². The highest BCUT2D eigenvalue weighted by Gasteiger charge is 2.37. The quantitative estimate of drug-likeness (QED) is 0.733. The first-order valence-electron chi connectivity index (χ1n) is 6.75. The van der Waals surface area contributed by atoms with E-state index in [1.165, 1.54) is 44.2 Å². The van der Waals surface area contributed by atoms with E-state index in [4.69, 9.17) is 9.73 Å². The standard InChI is InChI=1S/C13H22N2O/c1-4-13(5-7-14-8-6-13)15-12(1)11-2-9-16-10-3-11/h11,14H,1-10H2. The van der Waals surface area contributed by atoms with Crippen molar-refractivity contribution in [3.05, 3.63) is 0 Å². The molecule has 2 fully saturated rings. The number of hydrogen-bond donors (Lipinski definition) is 1. The molecule has 90 valence electrons. The second-order valence-electron chi connectivity index (χ2n) is 5.46. The lowest BCUT2D eigenvalue weighted by Gasteiger charge is -2.31. The van der Waals surface area contributed by atoms with Gasteiger partial charge in [-0.1, -0.05) is 0 Å². The maximum absolute atomic E-state index is 5.43. The highest BCUT2D eigenvalue weighted by Crippen LogP contribution is 2.37. The molecule has 0 unspecified atom stereocenters. The van der Waals surface area contributed by atoms with Crippen LogP contribution in [0.25, 0.3) is 0 Å². The summed E-state index contributed by atoms with van der Waals surface area (Å²) < 4.78 is 5.43. The van der Waals surface area contributed by atoms with Crippen molar-refractivity contribution in [2.75, 3.05) is 26.3 Å². The van der Waals surface area contributed by atoms with Gasteiger partial charge in [0.25, 0.3) is 0 Å². The van der Waals surface area contributed by atoms with Gasteiger partial charge >= 0.3 is 0 Å². The number of hydrogen-bond acceptors (Lipinski definition) is 3. The van der Waals surface area contributed by atoms with Crippen molar-refractivity contribution in [2.45, 2.75) is 44.1 Å². The maximum atomic E-state index is 5.43. The molecular formula is C13H22N2O. The van der Waals surface area contributed by atoms with Gasteiger partial charge < -0.3 is 10.1 Å². The van der Waals surface area contributed by atoms with Crippen LogP contribution in [0.15, 0.2) is 4.99 Å². The zero-order valence-corrected chi connectivity index (χ0v) is 10.0. The number of piperidine rings is 1. The van der Waals surface area contributed by atoms with Crippen molar-refractivity contribution >= 4 is 5.71 Å². The second-order valence-corrected chi connectivity index (χ2v) is 5.46. The zero-order valence-electron chi connectivity index (χ0n) is 10.0. The molecule has 0 aromatic rings. The predicted octanol–water partition coefficient (Wildman–Crippen LogP) is 1.77. The highest BCUT2D eigenvalue weighted by atomic mass is 16.5. The lowest BCUT2D eigenvalue weighted by atomic mass is 9.86. The number of ether oxygens (including phenoxy) is 1. The third-order valence-electron chi connectivity index (χ3n) is 4.45. The van der Waals surface area contributed by atoms with Crippen LogP contribution in [-0.4, -0.2) is 37.6 Å². The molecule has 3 heteroatoms. The zero-order chi connectivity index (χ0) is 10.8. The molecule has 0 saturated carbocycles. The Hall–Kier alpha value is -0.410. The lowest BCUT2D eigenvalue weighted by Crippen LogP contribution is -2.39. The number of nitrogens with one attached hydrogen (secondary N) is 1. The van der Waals surface area contributed by atoms with Gasteiger partial charge in [0.15, 0.2) is 0 Å². The van der Waals surface area contributed by atoms with Crippen LogP contribution in [-0.2, 0) is 4.74 Å². The minimum atomic E-state index is 0.332. The average Bonchev–Trinajstić information content (AvgIpc) is 2.75. The second kappa shape index (κ2) is 4.46. The molecule has 0 atom stereocenters. The summed E-state index contributed by atoms with van der Waals surface area (Å²) >= 11 is 0. The summed E-state index contributed by atoms with van der Waals surface area (Å²) in [4.78, 5) is 5.12. The first kappa shape index (κ1) is 10.7. The van der Waals surface area contributed by atoms with Crippen molar-refractivity contribution in [1.82, 2.24) is 5.32 Å². The van der Waals surface area contributed by atoms with E-state index in [1.54, 1.807) is 0 Å². The summed E-state index contributed by atoms with van der Waals surface area (Å²) in [7, 11) is 0. The van der Waals surface area contributed by atoms with Gasteiger partial charge in [-0.15, -0.1) is 0 Å². The molecule has 0 bridgehead atoms. The molecule has 0 aromatic heterocycles. The van der Waals surface area contributed by atoms with Crippen molar-refractivity contribution < 1.29 is 4.74 Å². The van der Waals surface area contributed by atoms with Crippen molar-refractivity contribution in [1.29, 1.82) is 0 Å². The van der Waals surface area contributed by atoms with E-state index in [-0.39, 0.29) is 0 Å². The Morgan fingerprint density at radius 2 is 1.88 bits per heavy atom. The van der Waals surface area contributed by atoms with Crippen molar-refractivity contribution in [2.24, 2.45) is 10.9 Å². The number of nitrogens with zero attached hydrogens (tertiary/aromatic N) is 1. The lowest BCUT2D eigenvalue weighted by molar-refractivity contribution is 0.0825.